The minimum absolute atomic E-state index is 0. The van der Waals surface area contributed by atoms with Crippen molar-refractivity contribution in [1.29, 1.82) is 0 Å². The van der Waals surface area contributed by atoms with E-state index in [1.54, 1.807) is 30.5 Å². The zero-order valence-corrected chi connectivity index (χ0v) is 17.5. The summed E-state index contributed by atoms with van der Waals surface area (Å²) in [5.74, 6) is 0.475. The highest BCUT2D eigenvalue weighted by Crippen LogP contribution is 2.24. The van der Waals surface area contributed by atoms with Gasteiger partial charge in [-0.15, -0.1) is 24.0 Å². The van der Waals surface area contributed by atoms with Crippen molar-refractivity contribution in [3.63, 3.8) is 0 Å². The summed E-state index contributed by atoms with van der Waals surface area (Å²) in [5.41, 5.74) is 2.01. The molecule has 138 valence electrons. The Bertz CT molecular complexity index is 817. The second-order valence-corrected chi connectivity index (χ2v) is 6.42. The first-order valence-electron chi connectivity index (χ1n) is 8.03. The van der Waals surface area contributed by atoms with Crippen LogP contribution in [0.3, 0.4) is 0 Å². The summed E-state index contributed by atoms with van der Waals surface area (Å²) in [6.07, 6.45) is 0. The minimum Gasteiger partial charge on any atom is -0.360 e. The van der Waals surface area contributed by atoms with E-state index in [4.69, 9.17) is 0 Å². The Balaban J connectivity index is 0.00000243. The molecule has 0 spiro atoms. The molecule has 0 bridgehead atoms. The fraction of sp³-hybridized carbons (Fsp3) is 0.222. The average molecular weight is 485 g/mol. The van der Waals surface area contributed by atoms with Crippen LogP contribution in [0.1, 0.15) is 5.56 Å². The van der Waals surface area contributed by atoms with Crippen LogP contribution in [0.2, 0.25) is 0 Å². The highest BCUT2D eigenvalue weighted by molar-refractivity contribution is 14.0. The number of anilines is 1. The average Bonchev–Trinajstić information content (AvgIpc) is 3.05. The number of para-hydroxylation sites is 1. The van der Waals surface area contributed by atoms with Crippen molar-refractivity contribution < 1.29 is 4.39 Å². The molecular weight excluding hydrogens is 464 g/mol. The third-order valence-corrected chi connectivity index (χ3v) is 4.58. The molecule has 3 rings (SSSR count). The van der Waals surface area contributed by atoms with Crippen molar-refractivity contribution in [3.05, 3.63) is 59.9 Å². The third-order valence-electron chi connectivity index (χ3n) is 3.58. The summed E-state index contributed by atoms with van der Waals surface area (Å²) in [6, 6.07) is 14.5. The normalized spacial score (nSPS) is 11.1. The zero-order valence-electron chi connectivity index (χ0n) is 14.3. The molecule has 1 aromatic heterocycles. The number of nitrogens with one attached hydrogen (secondary N) is 3. The predicted octanol–water partition coefficient (Wildman–Crippen LogP) is 3.83. The Morgan fingerprint density at radius 1 is 1.08 bits per heavy atom. The van der Waals surface area contributed by atoms with Crippen LogP contribution >= 0.6 is 35.3 Å². The Kier molecular flexibility index (Phi) is 8.05. The van der Waals surface area contributed by atoms with Crippen LogP contribution in [0.25, 0.3) is 10.2 Å². The molecule has 0 saturated heterocycles. The topological polar surface area (TPSA) is 61.3 Å². The first kappa shape index (κ1) is 20.4. The van der Waals surface area contributed by atoms with Gasteiger partial charge in [0, 0.05) is 26.7 Å². The van der Waals surface area contributed by atoms with E-state index in [1.807, 2.05) is 18.2 Å². The van der Waals surface area contributed by atoms with Gasteiger partial charge in [-0.05, 0) is 29.8 Å². The lowest BCUT2D eigenvalue weighted by molar-refractivity contribution is 0.626. The fourth-order valence-electron chi connectivity index (χ4n) is 2.31. The van der Waals surface area contributed by atoms with Gasteiger partial charge in [0.15, 0.2) is 11.1 Å². The lowest BCUT2D eigenvalue weighted by atomic mass is 10.2. The molecule has 8 heteroatoms. The number of nitrogens with zero attached hydrogens (tertiary/aromatic N) is 2. The highest BCUT2D eigenvalue weighted by atomic mass is 127. The maximum absolute atomic E-state index is 12.9. The third kappa shape index (κ3) is 5.80. The van der Waals surface area contributed by atoms with Crippen molar-refractivity contribution in [3.8, 4) is 0 Å². The largest absolute Gasteiger partial charge is 0.360 e. The second kappa shape index (κ2) is 10.3. The summed E-state index contributed by atoms with van der Waals surface area (Å²) in [7, 11) is 1.72. The van der Waals surface area contributed by atoms with Crippen molar-refractivity contribution in [2.24, 2.45) is 4.99 Å². The van der Waals surface area contributed by atoms with Crippen LogP contribution in [0.5, 0.6) is 0 Å². The Morgan fingerprint density at radius 2 is 1.85 bits per heavy atom. The number of halogens is 2. The van der Waals surface area contributed by atoms with Gasteiger partial charge >= 0.3 is 0 Å². The molecule has 0 aliphatic heterocycles. The Hall–Kier alpha value is -1.94. The van der Waals surface area contributed by atoms with E-state index in [9.17, 15) is 4.39 Å². The Labute approximate surface area is 173 Å². The molecule has 2 aromatic carbocycles. The highest BCUT2D eigenvalue weighted by Gasteiger charge is 2.02. The number of aliphatic imine (C=N–C) groups is 1. The van der Waals surface area contributed by atoms with Crippen LogP contribution in [0, 0.1) is 5.82 Å². The smallest absolute Gasteiger partial charge is 0.191 e. The lowest BCUT2D eigenvalue weighted by Gasteiger charge is -2.12. The van der Waals surface area contributed by atoms with Crippen LogP contribution in [-0.2, 0) is 6.54 Å². The van der Waals surface area contributed by atoms with Crippen LogP contribution in [0.4, 0.5) is 9.52 Å². The molecule has 0 unspecified atom stereocenters. The quantitative estimate of drug-likeness (QED) is 0.215. The van der Waals surface area contributed by atoms with Crippen molar-refractivity contribution in [2.45, 2.75) is 6.54 Å². The number of thiazole rings is 1. The zero-order chi connectivity index (χ0) is 17.5. The molecule has 0 radical (unpaired) electrons. The van der Waals surface area contributed by atoms with Crippen LogP contribution in [-0.4, -0.2) is 31.1 Å². The van der Waals surface area contributed by atoms with Gasteiger partial charge in [-0.2, -0.15) is 0 Å². The molecule has 1 heterocycles. The van der Waals surface area contributed by atoms with Gasteiger partial charge < -0.3 is 16.0 Å². The van der Waals surface area contributed by atoms with E-state index in [0.717, 1.165) is 22.8 Å². The molecule has 0 saturated carbocycles. The number of rotatable bonds is 6. The number of hydrogen-bond acceptors (Lipinski definition) is 4. The maximum Gasteiger partial charge on any atom is 0.191 e. The minimum atomic E-state index is -0.229. The standard InChI is InChI=1S/C18H20FN5S.HI/c1-20-17(23-12-13-6-8-14(19)9-7-13)21-10-11-22-18-24-15-4-2-3-5-16(15)25-18;/h2-9H,10-12H2,1H3,(H,22,24)(H2,20,21,23);1H. The summed E-state index contributed by atoms with van der Waals surface area (Å²) < 4.78 is 14.1. The molecule has 0 atom stereocenters. The molecule has 0 amide bonds. The molecule has 0 aliphatic carbocycles. The molecule has 3 aromatic rings. The van der Waals surface area contributed by atoms with Gasteiger partial charge in [0.25, 0.3) is 0 Å². The summed E-state index contributed by atoms with van der Waals surface area (Å²) in [5, 5.41) is 10.7. The molecule has 26 heavy (non-hydrogen) atoms. The lowest BCUT2D eigenvalue weighted by Crippen LogP contribution is -2.39. The molecular formula is C18H21FIN5S. The van der Waals surface area contributed by atoms with Gasteiger partial charge in [0.2, 0.25) is 0 Å². The number of guanidine groups is 1. The van der Waals surface area contributed by atoms with Crippen molar-refractivity contribution in [2.75, 3.05) is 25.5 Å². The Morgan fingerprint density at radius 3 is 2.58 bits per heavy atom. The second-order valence-electron chi connectivity index (χ2n) is 5.39. The summed E-state index contributed by atoms with van der Waals surface area (Å²) in [4.78, 5) is 8.72. The SMILES string of the molecule is CN=C(NCCNc1nc2ccccc2s1)NCc1ccc(F)cc1.I. The summed E-state index contributed by atoms with van der Waals surface area (Å²) in [6.45, 7) is 2.03. The van der Waals surface area contributed by atoms with Crippen molar-refractivity contribution in [1.82, 2.24) is 15.6 Å². The maximum atomic E-state index is 12.9. The van der Waals surface area contributed by atoms with Gasteiger partial charge in [-0.1, -0.05) is 35.6 Å². The van der Waals surface area contributed by atoms with E-state index in [-0.39, 0.29) is 29.8 Å². The van der Waals surface area contributed by atoms with Crippen LogP contribution in [0.15, 0.2) is 53.5 Å². The number of fused-ring (bicyclic) bond motifs is 1. The van der Waals surface area contributed by atoms with Crippen molar-refractivity contribution >= 4 is 56.6 Å². The van der Waals surface area contributed by atoms with E-state index in [0.29, 0.717) is 19.0 Å². The molecule has 5 nitrogen and oxygen atoms in total. The number of aromatic nitrogens is 1. The van der Waals surface area contributed by atoms with Gasteiger partial charge in [0.05, 0.1) is 10.2 Å². The predicted molar refractivity (Wildman–Crippen MR) is 118 cm³/mol. The molecule has 0 aliphatic rings. The summed E-state index contributed by atoms with van der Waals surface area (Å²) >= 11 is 1.64. The van der Waals surface area contributed by atoms with Gasteiger partial charge in [0.1, 0.15) is 5.82 Å². The first-order valence-corrected chi connectivity index (χ1v) is 8.84. The molecule has 3 N–H and O–H groups in total. The van der Waals surface area contributed by atoms with E-state index >= 15 is 0 Å². The first-order chi connectivity index (χ1) is 12.2. The van der Waals surface area contributed by atoms with Gasteiger partial charge in [-0.25, -0.2) is 9.37 Å². The monoisotopic (exact) mass is 485 g/mol. The molecule has 0 fully saturated rings. The van der Waals surface area contributed by atoms with Crippen LogP contribution < -0.4 is 16.0 Å². The van der Waals surface area contributed by atoms with Gasteiger partial charge in [-0.3, -0.25) is 4.99 Å². The fourth-order valence-corrected chi connectivity index (χ4v) is 3.20. The number of hydrogen-bond donors (Lipinski definition) is 3. The number of benzene rings is 2. The van der Waals surface area contributed by atoms with E-state index < -0.39 is 0 Å². The van der Waals surface area contributed by atoms with E-state index in [1.165, 1.54) is 16.8 Å². The van der Waals surface area contributed by atoms with E-state index in [2.05, 4.69) is 32.0 Å².